The third-order valence-electron chi connectivity index (χ3n) is 4.50. The molecule has 0 aromatic heterocycles. The van der Waals surface area contributed by atoms with Gasteiger partial charge in [-0.2, -0.15) is 0 Å². The van der Waals surface area contributed by atoms with E-state index in [-0.39, 0.29) is 5.41 Å². The minimum atomic E-state index is 0.237. The van der Waals surface area contributed by atoms with Crippen molar-refractivity contribution in [3.63, 3.8) is 0 Å². The summed E-state index contributed by atoms with van der Waals surface area (Å²) in [4.78, 5) is 2.39. The molecule has 0 aliphatic carbocycles. The van der Waals surface area contributed by atoms with Crippen molar-refractivity contribution in [1.29, 1.82) is 0 Å². The Kier molecular flexibility index (Phi) is 4.87. The van der Waals surface area contributed by atoms with Crippen LogP contribution >= 0.6 is 0 Å². The topological polar surface area (TPSA) is 15.3 Å². The molecule has 112 valence electrons. The largest absolute Gasteiger partial charge is 0.317 e. The number of hydrogen-bond acceptors (Lipinski definition) is 2. The highest BCUT2D eigenvalue weighted by Gasteiger charge is 2.26. The minimum Gasteiger partial charge on any atom is -0.317 e. The maximum absolute atomic E-state index is 3.47. The molecule has 1 aliphatic rings. The molecule has 1 aromatic carbocycles. The molecule has 1 fully saturated rings. The zero-order valence-corrected chi connectivity index (χ0v) is 13.7. The van der Waals surface area contributed by atoms with Crippen LogP contribution in [0.15, 0.2) is 24.3 Å². The summed E-state index contributed by atoms with van der Waals surface area (Å²) < 4.78 is 0. The first-order chi connectivity index (χ1) is 9.39. The van der Waals surface area contributed by atoms with Gasteiger partial charge < -0.3 is 10.2 Å². The SMILES string of the molecule is CN(C)C(c1ccc(C(C)(C)C)cc1)C1CCNCC1. The van der Waals surface area contributed by atoms with Gasteiger partial charge in [-0.1, -0.05) is 45.0 Å². The molecular weight excluding hydrogens is 244 g/mol. The fraction of sp³-hybridized carbons (Fsp3) is 0.667. The van der Waals surface area contributed by atoms with Crippen molar-refractivity contribution in [1.82, 2.24) is 10.2 Å². The van der Waals surface area contributed by atoms with Crippen LogP contribution < -0.4 is 5.32 Å². The molecule has 0 spiro atoms. The minimum absolute atomic E-state index is 0.237. The normalized spacial score (nSPS) is 19.3. The van der Waals surface area contributed by atoms with Crippen molar-refractivity contribution in [2.75, 3.05) is 27.2 Å². The molecule has 0 amide bonds. The van der Waals surface area contributed by atoms with Gasteiger partial charge in [0, 0.05) is 6.04 Å². The maximum Gasteiger partial charge on any atom is 0.0371 e. The first kappa shape index (κ1) is 15.5. The molecule has 0 saturated carbocycles. The Morgan fingerprint density at radius 3 is 2.05 bits per heavy atom. The summed E-state index contributed by atoms with van der Waals surface area (Å²) in [5.74, 6) is 0.770. The van der Waals surface area contributed by atoms with Crippen LogP contribution in [0.3, 0.4) is 0 Å². The Morgan fingerprint density at radius 2 is 1.60 bits per heavy atom. The van der Waals surface area contributed by atoms with Gasteiger partial charge in [-0.3, -0.25) is 0 Å². The number of benzene rings is 1. The molecule has 1 aromatic rings. The second-order valence-electron chi connectivity index (χ2n) is 7.37. The van der Waals surface area contributed by atoms with E-state index in [1.807, 2.05) is 0 Å². The molecule has 1 N–H and O–H groups in total. The standard InChI is InChI=1S/C18H30N2/c1-18(2,3)16-8-6-14(7-9-16)17(20(4)5)15-10-12-19-13-11-15/h6-9,15,17,19H,10-13H2,1-5H3. The van der Waals surface area contributed by atoms with Gasteiger partial charge >= 0.3 is 0 Å². The Morgan fingerprint density at radius 1 is 1.05 bits per heavy atom. The molecular formula is C18H30N2. The summed E-state index contributed by atoms with van der Waals surface area (Å²) in [7, 11) is 4.43. The van der Waals surface area contributed by atoms with Gasteiger partial charge in [-0.15, -0.1) is 0 Å². The zero-order chi connectivity index (χ0) is 14.8. The van der Waals surface area contributed by atoms with Crippen molar-refractivity contribution in [3.05, 3.63) is 35.4 Å². The van der Waals surface area contributed by atoms with Gasteiger partial charge in [-0.25, -0.2) is 0 Å². The molecule has 2 heteroatoms. The molecule has 1 aliphatic heterocycles. The monoisotopic (exact) mass is 274 g/mol. The Labute approximate surface area is 124 Å². The predicted molar refractivity (Wildman–Crippen MR) is 87.2 cm³/mol. The van der Waals surface area contributed by atoms with Gasteiger partial charge in [0.05, 0.1) is 0 Å². The first-order valence-electron chi connectivity index (χ1n) is 7.87. The molecule has 1 heterocycles. The van der Waals surface area contributed by atoms with Crippen LogP contribution in [0.4, 0.5) is 0 Å². The highest BCUT2D eigenvalue weighted by molar-refractivity contribution is 5.29. The smallest absolute Gasteiger partial charge is 0.0371 e. The molecule has 2 rings (SSSR count). The number of nitrogens with zero attached hydrogens (tertiary/aromatic N) is 1. The molecule has 2 nitrogen and oxygen atoms in total. The van der Waals surface area contributed by atoms with Crippen molar-refractivity contribution in [2.24, 2.45) is 5.92 Å². The van der Waals surface area contributed by atoms with E-state index < -0.39 is 0 Å². The van der Waals surface area contributed by atoms with E-state index >= 15 is 0 Å². The van der Waals surface area contributed by atoms with E-state index in [0.717, 1.165) is 19.0 Å². The lowest BCUT2D eigenvalue weighted by molar-refractivity contribution is 0.177. The maximum atomic E-state index is 3.47. The van der Waals surface area contributed by atoms with E-state index in [0.29, 0.717) is 6.04 Å². The third-order valence-corrected chi connectivity index (χ3v) is 4.50. The van der Waals surface area contributed by atoms with E-state index in [4.69, 9.17) is 0 Å². The van der Waals surface area contributed by atoms with Crippen LogP contribution in [0.25, 0.3) is 0 Å². The number of nitrogens with one attached hydrogen (secondary N) is 1. The van der Waals surface area contributed by atoms with Crippen LogP contribution in [0.5, 0.6) is 0 Å². The Bertz CT molecular complexity index is 408. The fourth-order valence-electron chi connectivity index (χ4n) is 3.33. The number of hydrogen-bond donors (Lipinski definition) is 1. The predicted octanol–water partition coefficient (Wildman–Crippen LogP) is 3.59. The van der Waals surface area contributed by atoms with Crippen LogP contribution in [-0.2, 0) is 5.41 Å². The van der Waals surface area contributed by atoms with E-state index in [1.54, 1.807) is 0 Å². The van der Waals surface area contributed by atoms with E-state index in [9.17, 15) is 0 Å². The average Bonchev–Trinajstić information content (AvgIpc) is 2.39. The van der Waals surface area contributed by atoms with Crippen molar-refractivity contribution in [3.8, 4) is 0 Å². The summed E-state index contributed by atoms with van der Waals surface area (Å²) in [6.07, 6.45) is 2.56. The number of piperidine rings is 1. The zero-order valence-electron chi connectivity index (χ0n) is 13.7. The van der Waals surface area contributed by atoms with Gasteiger partial charge in [0.25, 0.3) is 0 Å². The Balaban J connectivity index is 2.21. The fourth-order valence-corrected chi connectivity index (χ4v) is 3.33. The van der Waals surface area contributed by atoms with Crippen molar-refractivity contribution in [2.45, 2.75) is 45.1 Å². The third kappa shape index (κ3) is 3.62. The van der Waals surface area contributed by atoms with Gasteiger partial charge in [0.2, 0.25) is 0 Å². The lowest BCUT2D eigenvalue weighted by Crippen LogP contribution is -2.36. The Hall–Kier alpha value is -0.860. The van der Waals surface area contributed by atoms with Gasteiger partial charge in [-0.05, 0) is 62.5 Å². The number of rotatable bonds is 3. The van der Waals surface area contributed by atoms with Gasteiger partial charge in [0.15, 0.2) is 0 Å². The van der Waals surface area contributed by atoms with E-state index in [1.165, 1.54) is 24.0 Å². The molecule has 1 atom stereocenters. The van der Waals surface area contributed by atoms with Crippen LogP contribution in [0.2, 0.25) is 0 Å². The second-order valence-corrected chi connectivity index (χ2v) is 7.37. The highest BCUT2D eigenvalue weighted by atomic mass is 15.1. The lowest BCUT2D eigenvalue weighted by atomic mass is 9.82. The van der Waals surface area contributed by atoms with Crippen molar-refractivity contribution < 1.29 is 0 Å². The summed E-state index contributed by atoms with van der Waals surface area (Å²) in [6.45, 7) is 9.15. The lowest BCUT2D eigenvalue weighted by Gasteiger charge is -2.35. The highest BCUT2D eigenvalue weighted by Crippen LogP contribution is 2.33. The van der Waals surface area contributed by atoms with Crippen molar-refractivity contribution >= 4 is 0 Å². The van der Waals surface area contributed by atoms with Gasteiger partial charge in [0.1, 0.15) is 0 Å². The quantitative estimate of drug-likeness (QED) is 0.906. The molecule has 0 radical (unpaired) electrons. The first-order valence-corrected chi connectivity index (χ1v) is 7.87. The van der Waals surface area contributed by atoms with Crippen LogP contribution in [-0.4, -0.2) is 32.1 Å². The summed E-state index contributed by atoms with van der Waals surface area (Å²) in [5.41, 5.74) is 3.12. The molecule has 1 unspecified atom stereocenters. The van der Waals surface area contributed by atoms with E-state index in [2.05, 4.69) is 69.3 Å². The molecule has 0 bridgehead atoms. The molecule has 1 saturated heterocycles. The summed E-state index contributed by atoms with van der Waals surface area (Å²) >= 11 is 0. The van der Waals surface area contributed by atoms with Crippen LogP contribution in [0, 0.1) is 5.92 Å². The average molecular weight is 274 g/mol. The molecule has 20 heavy (non-hydrogen) atoms. The summed E-state index contributed by atoms with van der Waals surface area (Å²) in [5, 5.41) is 3.47. The summed E-state index contributed by atoms with van der Waals surface area (Å²) in [6, 6.07) is 9.85. The second kappa shape index (κ2) is 6.28. The van der Waals surface area contributed by atoms with Crippen LogP contribution in [0.1, 0.15) is 50.8 Å².